The molecule has 4 heterocycles. The van der Waals surface area contributed by atoms with Crippen LogP contribution in [0.4, 0.5) is 5.69 Å². The molecule has 2 N–H and O–H groups in total. The van der Waals surface area contributed by atoms with Crippen LogP contribution in [0.3, 0.4) is 0 Å². The minimum Gasteiger partial charge on any atom is -0.503 e. The van der Waals surface area contributed by atoms with Crippen molar-refractivity contribution >= 4 is 17.4 Å². The summed E-state index contributed by atoms with van der Waals surface area (Å²) in [6.45, 7) is 5.07. The standard InChI is InChI=1S/C23H21N3O5/c1-23(2,3)20(28)17-18(15-5-4-9-24-21(15)29)26(22(30)19(17)27)14-6-7-16(25-11-14)13-8-10-31-12-13/h4-12,18,27H,1-3H3,(H,24,29). The number of carbonyl (C=O) groups excluding carboxylic acids is 2. The summed E-state index contributed by atoms with van der Waals surface area (Å²) < 4.78 is 5.07. The van der Waals surface area contributed by atoms with Gasteiger partial charge in [0.05, 0.1) is 35.7 Å². The fraction of sp³-hybridized carbons (Fsp3) is 0.217. The average Bonchev–Trinajstić information content (AvgIpc) is 3.35. The van der Waals surface area contributed by atoms with Crippen LogP contribution >= 0.6 is 0 Å². The highest BCUT2D eigenvalue weighted by Crippen LogP contribution is 2.42. The number of furan rings is 1. The van der Waals surface area contributed by atoms with Crippen LogP contribution in [0, 0.1) is 5.41 Å². The lowest BCUT2D eigenvalue weighted by Crippen LogP contribution is -2.35. The lowest BCUT2D eigenvalue weighted by atomic mass is 9.82. The second kappa shape index (κ2) is 7.39. The lowest BCUT2D eigenvalue weighted by Gasteiger charge is -2.28. The number of aromatic nitrogens is 2. The predicted octanol–water partition coefficient (Wildman–Crippen LogP) is 3.55. The molecule has 1 amide bonds. The first-order valence-corrected chi connectivity index (χ1v) is 9.68. The number of amides is 1. The first-order valence-electron chi connectivity index (χ1n) is 9.68. The number of aromatic amines is 1. The fourth-order valence-corrected chi connectivity index (χ4v) is 3.56. The number of anilines is 1. The highest BCUT2D eigenvalue weighted by atomic mass is 16.3. The van der Waals surface area contributed by atoms with Crippen molar-refractivity contribution in [1.29, 1.82) is 0 Å². The molecule has 0 aromatic carbocycles. The number of pyridine rings is 2. The van der Waals surface area contributed by atoms with Crippen LogP contribution in [-0.4, -0.2) is 26.8 Å². The molecule has 158 valence electrons. The first kappa shape index (κ1) is 20.3. The predicted molar refractivity (Wildman–Crippen MR) is 113 cm³/mol. The Bertz CT molecular complexity index is 1230. The minimum absolute atomic E-state index is 0.104. The zero-order chi connectivity index (χ0) is 22.3. The van der Waals surface area contributed by atoms with Crippen LogP contribution < -0.4 is 10.5 Å². The minimum atomic E-state index is -1.08. The molecule has 0 radical (unpaired) electrons. The van der Waals surface area contributed by atoms with Gasteiger partial charge in [-0.1, -0.05) is 20.8 Å². The summed E-state index contributed by atoms with van der Waals surface area (Å²) in [5, 5.41) is 10.7. The maximum Gasteiger partial charge on any atom is 0.294 e. The molecule has 0 fully saturated rings. The molecule has 8 heteroatoms. The maximum atomic E-state index is 13.2. The van der Waals surface area contributed by atoms with Gasteiger partial charge in [0.1, 0.15) is 6.04 Å². The monoisotopic (exact) mass is 419 g/mol. The number of aliphatic hydroxyl groups is 1. The summed E-state index contributed by atoms with van der Waals surface area (Å²) in [4.78, 5) is 47.0. The first-order chi connectivity index (χ1) is 14.7. The van der Waals surface area contributed by atoms with E-state index >= 15 is 0 Å². The maximum absolute atomic E-state index is 13.2. The highest BCUT2D eigenvalue weighted by molar-refractivity contribution is 6.17. The Morgan fingerprint density at radius 1 is 1.19 bits per heavy atom. The molecule has 1 atom stereocenters. The Morgan fingerprint density at radius 3 is 2.55 bits per heavy atom. The van der Waals surface area contributed by atoms with E-state index in [4.69, 9.17) is 4.42 Å². The van der Waals surface area contributed by atoms with Gasteiger partial charge < -0.3 is 14.5 Å². The number of hydrogen-bond acceptors (Lipinski definition) is 6. The van der Waals surface area contributed by atoms with Gasteiger partial charge >= 0.3 is 0 Å². The van der Waals surface area contributed by atoms with Crippen molar-refractivity contribution in [2.24, 2.45) is 5.41 Å². The molecule has 31 heavy (non-hydrogen) atoms. The molecular formula is C23H21N3O5. The van der Waals surface area contributed by atoms with Gasteiger partial charge in [-0.15, -0.1) is 0 Å². The number of carbonyl (C=O) groups is 2. The number of H-pyrrole nitrogens is 1. The van der Waals surface area contributed by atoms with E-state index in [1.165, 1.54) is 29.6 Å². The largest absolute Gasteiger partial charge is 0.503 e. The van der Waals surface area contributed by atoms with Gasteiger partial charge in [0.15, 0.2) is 11.5 Å². The molecule has 1 unspecified atom stereocenters. The molecule has 3 aromatic heterocycles. The summed E-state index contributed by atoms with van der Waals surface area (Å²) in [7, 11) is 0. The summed E-state index contributed by atoms with van der Waals surface area (Å²) in [5.74, 6) is -1.84. The third-order valence-corrected chi connectivity index (χ3v) is 5.12. The Labute approximate surface area is 177 Å². The molecule has 0 spiro atoms. The van der Waals surface area contributed by atoms with E-state index in [1.807, 2.05) is 0 Å². The van der Waals surface area contributed by atoms with Crippen molar-refractivity contribution in [2.75, 3.05) is 4.90 Å². The Kier molecular flexibility index (Phi) is 4.85. The second-order valence-electron chi connectivity index (χ2n) is 8.29. The number of hydrogen-bond donors (Lipinski definition) is 2. The average molecular weight is 419 g/mol. The van der Waals surface area contributed by atoms with E-state index in [9.17, 15) is 19.5 Å². The summed E-state index contributed by atoms with van der Waals surface area (Å²) in [6.07, 6.45) is 5.99. The zero-order valence-corrected chi connectivity index (χ0v) is 17.2. The van der Waals surface area contributed by atoms with E-state index < -0.39 is 34.5 Å². The van der Waals surface area contributed by atoms with Gasteiger partial charge in [0.25, 0.3) is 11.5 Å². The zero-order valence-electron chi connectivity index (χ0n) is 17.2. The van der Waals surface area contributed by atoms with Crippen LogP contribution in [-0.2, 0) is 9.59 Å². The van der Waals surface area contributed by atoms with Crippen LogP contribution in [0.5, 0.6) is 0 Å². The lowest BCUT2D eigenvalue weighted by molar-refractivity contribution is -0.123. The number of Topliss-reactive ketones (excluding diaryl/α,β-unsaturated/α-hetero) is 1. The van der Waals surface area contributed by atoms with Crippen molar-refractivity contribution in [1.82, 2.24) is 9.97 Å². The van der Waals surface area contributed by atoms with Crippen LogP contribution in [0.2, 0.25) is 0 Å². The molecule has 0 saturated heterocycles. The molecule has 1 aliphatic heterocycles. The highest BCUT2D eigenvalue weighted by Gasteiger charge is 2.47. The number of nitrogens with one attached hydrogen (secondary N) is 1. The van der Waals surface area contributed by atoms with Crippen LogP contribution in [0.25, 0.3) is 11.3 Å². The quantitative estimate of drug-likeness (QED) is 0.668. The van der Waals surface area contributed by atoms with Crippen molar-refractivity contribution < 1.29 is 19.1 Å². The van der Waals surface area contributed by atoms with Gasteiger partial charge in [0.2, 0.25) is 0 Å². The van der Waals surface area contributed by atoms with Gasteiger partial charge in [0, 0.05) is 22.7 Å². The number of ketones is 1. The Balaban J connectivity index is 1.85. The van der Waals surface area contributed by atoms with Gasteiger partial charge in [-0.2, -0.15) is 0 Å². The normalized spacial score (nSPS) is 16.8. The molecule has 1 aliphatic rings. The van der Waals surface area contributed by atoms with Gasteiger partial charge in [-0.05, 0) is 30.3 Å². The third-order valence-electron chi connectivity index (χ3n) is 5.12. The van der Waals surface area contributed by atoms with Gasteiger partial charge in [-0.25, -0.2) is 0 Å². The number of aliphatic hydroxyl groups excluding tert-OH is 1. The third kappa shape index (κ3) is 3.46. The molecule has 3 aromatic rings. The Morgan fingerprint density at radius 2 is 1.97 bits per heavy atom. The van der Waals surface area contributed by atoms with E-state index in [2.05, 4.69) is 9.97 Å². The Hall–Kier alpha value is -3.94. The van der Waals surface area contributed by atoms with Crippen molar-refractivity contribution in [3.05, 3.63) is 82.5 Å². The van der Waals surface area contributed by atoms with Crippen LogP contribution in [0.1, 0.15) is 32.4 Å². The van der Waals surface area contributed by atoms with Crippen molar-refractivity contribution in [3.63, 3.8) is 0 Å². The molecule has 8 nitrogen and oxygen atoms in total. The molecule has 4 rings (SSSR count). The topological polar surface area (TPSA) is 116 Å². The van der Waals surface area contributed by atoms with Gasteiger partial charge in [-0.3, -0.25) is 24.3 Å². The molecular weight excluding hydrogens is 398 g/mol. The molecule has 0 aliphatic carbocycles. The SMILES string of the molecule is CC(C)(C)C(=O)C1=C(O)C(=O)N(c2ccc(-c3ccoc3)nc2)C1c1ccc[nH]c1=O. The summed E-state index contributed by atoms with van der Waals surface area (Å²) in [6, 6.07) is 7.16. The van der Waals surface area contributed by atoms with E-state index in [-0.39, 0.29) is 11.1 Å². The summed E-state index contributed by atoms with van der Waals surface area (Å²) >= 11 is 0. The second-order valence-corrected chi connectivity index (χ2v) is 8.29. The fourth-order valence-electron chi connectivity index (χ4n) is 3.56. The van der Waals surface area contributed by atoms with E-state index in [0.29, 0.717) is 11.4 Å². The van der Waals surface area contributed by atoms with Crippen molar-refractivity contribution in [3.8, 4) is 11.3 Å². The van der Waals surface area contributed by atoms with Crippen molar-refractivity contribution in [2.45, 2.75) is 26.8 Å². The number of rotatable bonds is 4. The number of nitrogens with zero attached hydrogens (tertiary/aromatic N) is 2. The summed E-state index contributed by atoms with van der Waals surface area (Å²) in [5.41, 5.74) is 0.472. The molecule has 0 bridgehead atoms. The smallest absolute Gasteiger partial charge is 0.294 e. The van der Waals surface area contributed by atoms with E-state index in [1.54, 1.807) is 51.3 Å². The van der Waals surface area contributed by atoms with E-state index in [0.717, 1.165) is 5.56 Å². The molecule has 0 saturated carbocycles. The van der Waals surface area contributed by atoms with Crippen LogP contribution in [0.15, 0.2) is 75.8 Å².